The number of aromatic nitrogens is 1. The third-order valence-electron chi connectivity index (χ3n) is 3.25. The lowest BCUT2D eigenvalue weighted by Gasteiger charge is -2.31. The minimum Gasteiger partial charge on any atom is -0.346 e. The molecule has 3 N–H and O–H groups in total. The topological polar surface area (TPSA) is 111 Å². The Kier molecular flexibility index (Phi) is 7.42. The molecule has 0 saturated carbocycles. The first-order chi connectivity index (χ1) is 9.68. The van der Waals surface area contributed by atoms with Gasteiger partial charge in [0.15, 0.2) is 0 Å². The second-order valence-corrected chi connectivity index (χ2v) is 5.90. The van der Waals surface area contributed by atoms with Gasteiger partial charge in [0.25, 0.3) is 11.6 Å². The molecule has 0 aliphatic carbocycles. The highest BCUT2D eigenvalue weighted by Gasteiger charge is 2.27. The first kappa shape index (κ1) is 20.3. The van der Waals surface area contributed by atoms with Gasteiger partial charge >= 0.3 is 0 Å². The third-order valence-corrected chi connectivity index (χ3v) is 3.25. The molecule has 0 aromatic carbocycles. The van der Waals surface area contributed by atoms with Crippen LogP contribution >= 0.6 is 12.4 Å². The van der Waals surface area contributed by atoms with E-state index in [2.05, 4.69) is 10.3 Å². The molecule has 124 valence electrons. The van der Waals surface area contributed by atoms with Gasteiger partial charge in [0.1, 0.15) is 6.20 Å². The Morgan fingerprint density at radius 3 is 2.59 bits per heavy atom. The summed E-state index contributed by atoms with van der Waals surface area (Å²) in [6.45, 7) is 7.88. The zero-order valence-corrected chi connectivity index (χ0v) is 14.1. The van der Waals surface area contributed by atoms with Crippen molar-refractivity contribution >= 4 is 24.0 Å². The molecule has 1 amide bonds. The molecule has 1 rings (SSSR count). The summed E-state index contributed by atoms with van der Waals surface area (Å²) in [5, 5.41) is 13.7. The van der Waals surface area contributed by atoms with Crippen LogP contribution in [0.3, 0.4) is 0 Å². The molecule has 0 radical (unpaired) electrons. The Labute approximate surface area is 136 Å². The van der Waals surface area contributed by atoms with E-state index in [0.717, 1.165) is 12.6 Å². The number of aryl methyl sites for hydroxylation is 1. The van der Waals surface area contributed by atoms with Gasteiger partial charge in [-0.2, -0.15) is 0 Å². The summed E-state index contributed by atoms with van der Waals surface area (Å²) in [4.78, 5) is 26.5. The van der Waals surface area contributed by atoms with E-state index < -0.39 is 16.4 Å². The van der Waals surface area contributed by atoms with Crippen molar-refractivity contribution in [2.75, 3.05) is 6.54 Å². The Bertz CT molecular complexity index is 551. The van der Waals surface area contributed by atoms with Crippen molar-refractivity contribution in [1.29, 1.82) is 0 Å². The average molecular weight is 331 g/mol. The molecule has 1 aromatic rings. The van der Waals surface area contributed by atoms with Crippen LogP contribution < -0.4 is 11.1 Å². The first-order valence-electron chi connectivity index (χ1n) is 6.82. The fourth-order valence-corrected chi connectivity index (χ4v) is 2.28. The zero-order chi connectivity index (χ0) is 16.2. The van der Waals surface area contributed by atoms with E-state index in [-0.39, 0.29) is 23.7 Å². The summed E-state index contributed by atoms with van der Waals surface area (Å²) in [5.41, 5.74) is 5.65. The van der Waals surface area contributed by atoms with Crippen molar-refractivity contribution < 1.29 is 9.72 Å². The smallest absolute Gasteiger partial charge is 0.288 e. The van der Waals surface area contributed by atoms with Crippen molar-refractivity contribution in [3.05, 3.63) is 33.6 Å². The van der Waals surface area contributed by atoms with Crippen LogP contribution in [-0.4, -0.2) is 27.9 Å². The minimum absolute atomic E-state index is 0. The number of halogens is 1. The largest absolute Gasteiger partial charge is 0.346 e. The first-order valence-corrected chi connectivity index (χ1v) is 6.82. The van der Waals surface area contributed by atoms with Gasteiger partial charge in [0, 0.05) is 18.2 Å². The molecule has 1 atom stereocenters. The maximum absolute atomic E-state index is 12.4. The molecule has 7 nitrogen and oxygen atoms in total. The molecule has 1 heterocycles. The van der Waals surface area contributed by atoms with Crippen molar-refractivity contribution in [3.63, 3.8) is 0 Å². The average Bonchev–Trinajstić information content (AvgIpc) is 2.37. The number of carbonyl (C=O) groups is 1. The van der Waals surface area contributed by atoms with E-state index in [9.17, 15) is 14.9 Å². The summed E-state index contributed by atoms with van der Waals surface area (Å²) in [6, 6.07) is 1.24. The molecule has 0 bridgehead atoms. The highest BCUT2D eigenvalue weighted by molar-refractivity contribution is 5.96. The second-order valence-electron chi connectivity index (χ2n) is 5.90. The lowest BCUT2D eigenvalue weighted by Crippen LogP contribution is -2.52. The van der Waals surface area contributed by atoms with Gasteiger partial charge < -0.3 is 11.1 Å². The van der Waals surface area contributed by atoms with E-state index in [4.69, 9.17) is 5.73 Å². The molecule has 1 unspecified atom stereocenters. The minimum atomic E-state index is -0.570. The monoisotopic (exact) mass is 330 g/mol. The number of nitrogens with zero attached hydrogens (tertiary/aromatic N) is 2. The number of nitro groups is 1. The van der Waals surface area contributed by atoms with E-state index in [0.29, 0.717) is 18.2 Å². The lowest BCUT2D eigenvalue weighted by molar-refractivity contribution is -0.385. The molecular weight excluding hydrogens is 308 g/mol. The van der Waals surface area contributed by atoms with Gasteiger partial charge in [0.2, 0.25) is 0 Å². The van der Waals surface area contributed by atoms with Crippen LogP contribution in [0.1, 0.15) is 43.2 Å². The van der Waals surface area contributed by atoms with E-state index in [1.807, 2.05) is 20.8 Å². The predicted octanol–water partition coefficient (Wildman–Crippen LogP) is 2.21. The van der Waals surface area contributed by atoms with E-state index in [1.54, 1.807) is 6.92 Å². The van der Waals surface area contributed by atoms with Gasteiger partial charge in [-0.3, -0.25) is 19.9 Å². The van der Waals surface area contributed by atoms with Crippen molar-refractivity contribution in [1.82, 2.24) is 10.3 Å². The maximum Gasteiger partial charge on any atom is 0.288 e. The normalized spacial score (nSPS) is 13.2. The standard InChI is InChI=1S/C14H22N4O3.ClH/c1-9(2)6-14(4,8-15)17-13(19)12-5-11(18(20)21)7-16-10(12)3;/h5,7,9H,6,8,15H2,1-4H3,(H,17,19);1H. The highest BCUT2D eigenvalue weighted by atomic mass is 35.5. The molecule has 0 aliphatic heterocycles. The number of hydrogen-bond acceptors (Lipinski definition) is 5. The highest BCUT2D eigenvalue weighted by Crippen LogP contribution is 2.19. The van der Waals surface area contributed by atoms with Crippen LogP contribution in [0.15, 0.2) is 12.3 Å². The molecule has 0 spiro atoms. The Morgan fingerprint density at radius 2 is 2.14 bits per heavy atom. The fraction of sp³-hybridized carbons (Fsp3) is 0.571. The maximum atomic E-state index is 12.4. The second kappa shape index (κ2) is 8.05. The van der Waals surface area contributed by atoms with Crippen LogP contribution in [0.2, 0.25) is 0 Å². The molecule has 0 saturated heterocycles. The number of carbonyl (C=O) groups excluding carboxylic acids is 1. The van der Waals surface area contributed by atoms with Gasteiger partial charge in [-0.25, -0.2) is 0 Å². The van der Waals surface area contributed by atoms with Crippen LogP contribution in [0.4, 0.5) is 5.69 Å². The number of hydrogen-bond donors (Lipinski definition) is 2. The Balaban J connectivity index is 0.00000441. The summed E-state index contributed by atoms with van der Waals surface area (Å²) >= 11 is 0. The van der Waals surface area contributed by atoms with Crippen molar-refractivity contribution in [3.8, 4) is 0 Å². The van der Waals surface area contributed by atoms with Gasteiger partial charge in [-0.05, 0) is 26.2 Å². The Hall–Kier alpha value is -1.73. The molecule has 22 heavy (non-hydrogen) atoms. The number of nitrogens with two attached hydrogens (primary N) is 1. The molecule has 0 fully saturated rings. The lowest BCUT2D eigenvalue weighted by atomic mass is 9.90. The van der Waals surface area contributed by atoms with Gasteiger partial charge in [-0.1, -0.05) is 13.8 Å². The number of amides is 1. The molecule has 8 heteroatoms. The molecular formula is C14H23ClN4O3. The van der Waals surface area contributed by atoms with Crippen molar-refractivity contribution in [2.45, 2.75) is 39.7 Å². The zero-order valence-electron chi connectivity index (χ0n) is 13.3. The van der Waals surface area contributed by atoms with Crippen LogP contribution in [-0.2, 0) is 0 Å². The summed E-state index contributed by atoms with van der Waals surface area (Å²) in [6.07, 6.45) is 1.86. The summed E-state index contributed by atoms with van der Waals surface area (Å²) in [7, 11) is 0. The fourth-order valence-electron chi connectivity index (χ4n) is 2.28. The number of pyridine rings is 1. The Morgan fingerprint density at radius 1 is 1.55 bits per heavy atom. The van der Waals surface area contributed by atoms with E-state index >= 15 is 0 Å². The number of rotatable bonds is 6. The summed E-state index contributed by atoms with van der Waals surface area (Å²) in [5.74, 6) is -0.0273. The summed E-state index contributed by atoms with van der Waals surface area (Å²) < 4.78 is 0. The van der Waals surface area contributed by atoms with Gasteiger partial charge in [-0.15, -0.1) is 12.4 Å². The molecule has 1 aromatic heterocycles. The quantitative estimate of drug-likeness (QED) is 0.613. The molecule has 0 aliphatic rings. The van der Waals surface area contributed by atoms with Crippen LogP contribution in [0, 0.1) is 23.0 Å². The van der Waals surface area contributed by atoms with Crippen LogP contribution in [0.5, 0.6) is 0 Å². The van der Waals surface area contributed by atoms with Crippen LogP contribution in [0.25, 0.3) is 0 Å². The predicted molar refractivity (Wildman–Crippen MR) is 87.3 cm³/mol. The van der Waals surface area contributed by atoms with Crippen molar-refractivity contribution in [2.24, 2.45) is 11.7 Å². The third kappa shape index (κ3) is 5.23. The SMILES string of the molecule is Cc1ncc([N+](=O)[O-])cc1C(=O)NC(C)(CN)CC(C)C.Cl. The van der Waals surface area contributed by atoms with Gasteiger partial charge in [0.05, 0.1) is 16.2 Å². The number of nitrogens with one attached hydrogen (secondary N) is 1. The van der Waals surface area contributed by atoms with E-state index in [1.165, 1.54) is 6.07 Å².